The summed E-state index contributed by atoms with van der Waals surface area (Å²) in [5, 5.41) is 0.536. The highest BCUT2D eigenvalue weighted by Crippen LogP contribution is 2.33. The zero-order valence-electron chi connectivity index (χ0n) is 15.4. The van der Waals surface area contributed by atoms with Crippen LogP contribution in [-0.2, 0) is 14.3 Å². The first-order valence-corrected chi connectivity index (χ1v) is 9.91. The number of ether oxygens (including phenoxy) is 3. The number of esters is 1. The summed E-state index contributed by atoms with van der Waals surface area (Å²) < 4.78 is 15.6. The van der Waals surface area contributed by atoms with E-state index in [0.717, 1.165) is 18.4 Å². The normalized spacial score (nSPS) is 16.8. The number of rotatable bonds is 7. The van der Waals surface area contributed by atoms with Crippen molar-refractivity contribution in [2.45, 2.75) is 26.7 Å². The maximum atomic E-state index is 12.8. The van der Waals surface area contributed by atoms with Gasteiger partial charge in [-0.25, -0.2) is 4.99 Å². The number of benzene rings is 1. The Bertz CT molecular complexity index is 790. The number of amides is 1. The molecule has 0 atom stereocenters. The molecule has 0 bridgehead atoms. The van der Waals surface area contributed by atoms with Crippen LogP contribution >= 0.6 is 11.8 Å². The van der Waals surface area contributed by atoms with Crippen LogP contribution in [0.4, 0.5) is 0 Å². The van der Waals surface area contributed by atoms with Crippen LogP contribution in [0.5, 0.6) is 11.5 Å². The smallest absolute Gasteiger partial charge is 0.316 e. The SMILES string of the molecule is CCCCN1C(=O)/C(=C/c2ccc3c(c2)OCO3)N=C1SCC(=O)OCC. The Hall–Kier alpha value is -2.48. The third kappa shape index (κ3) is 4.63. The number of unbranched alkanes of at least 4 members (excludes halogenated alkanes) is 1. The number of amidine groups is 1. The number of carbonyl (C=O) groups excluding carboxylic acids is 2. The molecule has 0 N–H and O–H groups in total. The number of hydrogen-bond donors (Lipinski definition) is 0. The van der Waals surface area contributed by atoms with E-state index in [-0.39, 0.29) is 24.4 Å². The van der Waals surface area contributed by atoms with Crippen molar-refractivity contribution < 1.29 is 23.8 Å². The molecule has 0 saturated carbocycles. The molecule has 3 rings (SSSR count). The van der Waals surface area contributed by atoms with Crippen LogP contribution < -0.4 is 9.47 Å². The van der Waals surface area contributed by atoms with Crippen molar-refractivity contribution in [1.82, 2.24) is 4.90 Å². The lowest BCUT2D eigenvalue weighted by molar-refractivity contribution is -0.139. The van der Waals surface area contributed by atoms with Gasteiger partial charge in [0.05, 0.1) is 12.4 Å². The number of thioether (sulfide) groups is 1. The zero-order chi connectivity index (χ0) is 19.2. The van der Waals surface area contributed by atoms with E-state index < -0.39 is 0 Å². The van der Waals surface area contributed by atoms with Crippen LogP contribution in [0.3, 0.4) is 0 Å². The van der Waals surface area contributed by atoms with Crippen molar-refractivity contribution in [3.63, 3.8) is 0 Å². The Labute approximate surface area is 162 Å². The summed E-state index contributed by atoms with van der Waals surface area (Å²) in [5.41, 5.74) is 1.15. The van der Waals surface area contributed by atoms with Gasteiger partial charge < -0.3 is 14.2 Å². The van der Waals surface area contributed by atoms with E-state index in [4.69, 9.17) is 14.2 Å². The molecule has 2 heterocycles. The van der Waals surface area contributed by atoms with Crippen LogP contribution in [0.15, 0.2) is 28.9 Å². The minimum Gasteiger partial charge on any atom is -0.465 e. The molecule has 7 nitrogen and oxygen atoms in total. The first kappa shape index (κ1) is 19.3. The summed E-state index contributed by atoms with van der Waals surface area (Å²) in [6, 6.07) is 5.48. The summed E-state index contributed by atoms with van der Waals surface area (Å²) in [7, 11) is 0. The summed E-state index contributed by atoms with van der Waals surface area (Å²) >= 11 is 1.22. The summed E-state index contributed by atoms with van der Waals surface area (Å²) in [6.45, 7) is 4.93. The van der Waals surface area contributed by atoms with Crippen LogP contribution in [0, 0.1) is 0 Å². The predicted octanol–water partition coefficient (Wildman–Crippen LogP) is 3.05. The van der Waals surface area contributed by atoms with Gasteiger partial charge in [-0.3, -0.25) is 14.5 Å². The van der Waals surface area contributed by atoms with E-state index >= 15 is 0 Å². The number of aliphatic imine (C=N–C) groups is 1. The molecule has 0 fully saturated rings. The second-order valence-electron chi connectivity index (χ2n) is 5.94. The Morgan fingerprint density at radius 3 is 2.93 bits per heavy atom. The highest BCUT2D eigenvalue weighted by atomic mass is 32.2. The van der Waals surface area contributed by atoms with Crippen LogP contribution in [-0.4, -0.2) is 47.6 Å². The van der Waals surface area contributed by atoms with Crippen molar-refractivity contribution in [3.05, 3.63) is 29.5 Å². The average Bonchev–Trinajstić information content (AvgIpc) is 3.23. The third-order valence-electron chi connectivity index (χ3n) is 3.97. The first-order chi connectivity index (χ1) is 13.1. The molecule has 8 heteroatoms. The van der Waals surface area contributed by atoms with Crippen LogP contribution in [0.25, 0.3) is 6.08 Å². The number of carbonyl (C=O) groups is 2. The molecule has 0 unspecified atom stereocenters. The Morgan fingerprint density at radius 2 is 2.15 bits per heavy atom. The summed E-state index contributed by atoms with van der Waals surface area (Å²) in [5.74, 6) is 0.987. The van der Waals surface area contributed by atoms with E-state index in [2.05, 4.69) is 11.9 Å². The average molecular weight is 390 g/mol. The van der Waals surface area contributed by atoms with Crippen molar-refractivity contribution in [2.75, 3.05) is 25.7 Å². The zero-order valence-corrected chi connectivity index (χ0v) is 16.2. The van der Waals surface area contributed by atoms with Gasteiger partial charge in [0.2, 0.25) is 6.79 Å². The Kier molecular flexibility index (Phi) is 6.39. The van der Waals surface area contributed by atoms with Gasteiger partial charge >= 0.3 is 5.97 Å². The molecule has 2 aliphatic heterocycles. The van der Waals surface area contributed by atoms with Gasteiger partial charge in [0.1, 0.15) is 5.70 Å². The fourth-order valence-corrected chi connectivity index (χ4v) is 3.46. The van der Waals surface area contributed by atoms with Crippen molar-refractivity contribution in [2.24, 2.45) is 4.99 Å². The van der Waals surface area contributed by atoms with Crippen molar-refractivity contribution >= 4 is 34.9 Å². The molecule has 1 amide bonds. The molecule has 0 aliphatic carbocycles. The van der Waals surface area contributed by atoms with E-state index in [1.807, 2.05) is 18.2 Å². The molecule has 1 aromatic carbocycles. The van der Waals surface area contributed by atoms with Gasteiger partial charge in [-0.05, 0) is 37.1 Å². The highest BCUT2D eigenvalue weighted by molar-refractivity contribution is 8.14. The first-order valence-electron chi connectivity index (χ1n) is 8.92. The van der Waals surface area contributed by atoms with E-state index in [0.29, 0.717) is 35.5 Å². The maximum absolute atomic E-state index is 12.8. The maximum Gasteiger partial charge on any atom is 0.316 e. The molecule has 0 saturated heterocycles. The molecular weight excluding hydrogens is 368 g/mol. The number of nitrogens with zero attached hydrogens (tertiary/aromatic N) is 2. The summed E-state index contributed by atoms with van der Waals surface area (Å²) in [4.78, 5) is 30.5. The second kappa shape index (κ2) is 8.94. The van der Waals surface area contributed by atoms with Gasteiger partial charge in [-0.2, -0.15) is 0 Å². The quantitative estimate of drug-likeness (QED) is 0.526. The number of hydrogen-bond acceptors (Lipinski definition) is 7. The largest absolute Gasteiger partial charge is 0.465 e. The molecule has 0 radical (unpaired) electrons. The van der Waals surface area contributed by atoms with E-state index in [1.165, 1.54) is 11.8 Å². The molecule has 2 aliphatic rings. The second-order valence-corrected chi connectivity index (χ2v) is 6.88. The molecule has 144 valence electrons. The van der Waals surface area contributed by atoms with E-state index in [9.17, 15) is 9.59 Å². The summed E-state index contributed by atoms with van der Waals surface area (Å²) in [6.07, 6.45) is 3.55. The molecule has 0 aromatic heterocycles. The molecule has 27 heavy (non-hydrogen) atoms. The lowest BCUT2D eigenvalue weighted by Crippen LogP contribution is -2.32. The lowest BCUT2D eigenvalue weighted by Gasteiger charge is -2.16. The Balaban J connectivity index is 1.79. The topological polar surface area (TPSA) is 77.4 Å². The van der Waals surface area contributed by atoms with Gasteiger partial charge in [0, 0.05) is 6.54 Å². The van der Waals surface area contributed by atoms with Crippen LogP contribution in [0.2, 0.25) is 0 Å². The van der Waals surface area contributed by atoms with Gasteiger partial charge in [0.15, 0.2) is 16.7 Å². The molecule has 0 spiro atoms. The van der Waals surface area contributed by atoms with Crippen molar-refractivity contribution in [1.29, 1.82) is 0 Å². The minimum absolute atomic E-state index is 0.125. The number of fused-ring (bicyclic) bond motifs is 1. The van der Waals surface area contributed by atoms with Gasteiger partial charge in [-0.1, -0.05) is 31.2 Å². The fraction of sp³-hybridized carbons (Fsp3) is 0.421. The van der Waals surface area contributed by atoms with Crippen LogP contribution in [0.1, 0.15) is 32.3 Å². The monoisotopic (exact) mass is 390 g/mol. The molecule has 1 aromatic rings. The Morgan fingerprint density at radius 1 is 1.33 bits per heavy atom. The van der Waals surface area contributed by atoms with Gasteiger partial charge in [0.25, 0.3) is 5.91 Å². The molecular formula is C19H22N2O5S. The third-order valence-corrected chi connectivity index (χ3v) is 4.92. The van der Waals surface area contributed by atoms with E-state index in [1.54, 1.807) is 17.9 Å². The van der Waals surface area contributed by atoms with Crippen molar-refractivity contribution in [3.8, 4) is 11.5 Å². The van der Waals surface area contributed by atoms with Gasteiger partial charge in [-0.15, -0.1) is 0 Å². The standard InChI is InChI=1S/C19H22N2O5S/c1-3-5-8-21-18(23)14(20-19(21)27-11-17(22)24-4-2)9-13-6-7-15-16(10-13)26-12-25-15/h6-7,9-10H,3-5,8,11-12H2,1-2H3/b14-9-. The highest BCUT2D eigenvalue weighted by Gasteiger charge is 2.30. The minimum atomic E-state index is -0.318. The fourth-order valence-electron chi connectivity index (χ4n) is 2.64. The predicted molar refractivity (Wildman–Crippen MR) is 104 cm³/mol. The lowest BCUT2D eigenvalue weighted by atomic mass is 10.1.